The summed E-state index contributed by atoms with van der Waals surface area (Å²) in [6, 6.07) is 16.6. The van der Waals surface area contributed by atoms with E-state index >= 15 is 0 Å². The largest absolute Gasteiger partial charge is 0.491 e. The summed E-state index contributed by atoms with van der Waals surface area (Å²) in [5.74, 6) is 0.0695. The summed E-state index contributed by atoms with van der Waals surface area (Å²) >= 11 is 1.26. The van der Waals surface area contributed by atoms with Gasteiger partial charge in [-0.2, -0.15) is 5.26 Å². The Labute approximate surface area is 229 Å². The Hall–Kier alpha value is -4.42. The summed E-state index contributed by atoms with van der Waals surface area (Å²) in [4.78, 5) is 32.4. The summed E-state index contributed by atoms with van der Waals surface area (Å²) in [6.07, 6.45) is 3.60. The number of rotatable bonds is 7. The third-order valence-electron chi connectivity index (χ3n) is 6.44. The SMILES string of the molecule is CCOC(=O)C1=C(C)N=c2s/c(=C\c3cn(CC#N)c4ccccc34)c(=O)n2[C@@H]1c1ccccc1OC(C)C. The number of nitriles is 1. The Balaban J connectivity index is 1.76. The molecule has 0 bridgehead atoms. The van der Waals surface area contributed by atoms with Gasteiger partial charge in [-0.25, -0.2) is 9.79 Å². The summed E-state index contributed by atoms with van der Waals surface area (Å²) in [5.41, 5.74) is 2.96. The zero-order valence-corrected chi connectivity index (χ0v) is 23.0. The lowest BCUT2D eigenvalue weighted by molar-refractivity contribution is -0.139. The molecule has 0 saturated heterocycles. The molecule has 0 N–H and O–H groups in total. The highest BCUT2D eigenvalue weighted by Crippen LogP contribution is 2.36. The van der Waals surface area contributed by atoms with E-state index in [1.54, 1.807) is 18.4 Å². The number of esters is 1. The number of hydrogen-bond donors (Lipinski definition) is 0. The number of hydrogen-bond acceptors (Lipinski definition) is 7. The van der Waals surface area contributed by atoms with Crippen molar-refractivity contribution in [1.29, 1.82) is 5.26 Å². The first kappa shape index (κ1) is 26.2. The van der Waals surface area contributed by atoms with Gasteiger partial charge in [0.2, 0.25) is 0 Å². The second-order valence-electron chi connectivity index (χ2n) is 9.39. The molecular weight excluding hydrogens is 512 g/mol. The molecule has 0 spiro atoms. The van der Waals surface area contributed by atoms with Crippen molar-refractivity contribution in [3.8, 4) is 11.8 Å². The fourth-order valence-corrected chi connectivity index (χ4v) is 5.93. The van der Waals surface area contributed by atoms with Crippen LogP contribution in [0, 0.1) is 11.3 Å². The van der Waals surface area contributed by atoms with Crippen LogP contribution < -0.4 is 19.6 Å². The Bertz CT molecular complexity index is 1830. The Morgan fingerprint density at radius 1 is 1.21 bits per heavy atom. The lowest BCUT2D eigenvalue weighted by Crippen LogP contribution is -2.40. The van der Waals surface area contributed by atoms with Gasteiger partial charge >= 0.3 is 5.97 Å². The number of carbonyl (C=O) groups is 1. The lowest BCUT2D eigenvalue weighted by atomic mass is 9.95. The molecule has 0 aliphatic carbocycles. The van der Waals surface area contributed by atoms with Crippen LogP contribution in [-0.2, 0) is 16.1 Å². The maximum absolute atomic E-state index is 14.0. The molecule has 9 heteroatoms. The topological polar surface area (TPSA) is 98.6 Å². The molecule has 39 heavy (non-hydrogen) atoms. The number of nitrogens with zero attached hydrogens (tertiary/aromatic N) is 4. The Morgan fingerprint density at radius 2 is 1.95 bits per heavy atom. The third-order valence-corrected chi connectivity index (χ3v) is 7.42. The van der Waals surface area contributed by atoms with Crippen LogP contribution in [-0.4, -0.2) is 27.8 Å². The Morgan fingerprint density at radius 3 is 2.69 bits per heavy atom. The number of benzene rings is 2. The molecule has 2 aromatic carbocycles. The van der Waals surface area contributed by atoms with Gasteiger partial charge in [0.25, 0.3) is 5.56 Å². The highest BCUT2D eigenvalue weighted by atomic mass is 32.1. The molecular formula is C30H28N4O4S. The average Bonchev–Trinajstić information content (AvgIpc) is 3.40. The molecule has 4 aromatic rings. The first-order valence-corrected chi connectivity index (χ1v) is 13.6. The van der Waals surface area contributed by atoms with Gasteiger partial charge in [-0.1, -0.05) is 47.7 Å². The highest BCUT2D eigenvalue weighted by molar-refractivity contribution is 7.07. The molecule has 1 atom stereocenters. The van der Waals surface area contributed by atoms with Gasteiger partial charge in [0.1, 0.15) is 18.3 Å². The minimum atomic E-state index is -0.766. The van der Waals surface area contributed by atoms with Crippen molar-refractivity contribution in [2.45, 2.75) is 46.4 Å². The standard InChI is InChI=1S/C30H28N4O4S/c1-5-37-29(36)26-19(4)32-30-34(27(26)22-11-7-9-13-24(22)38-18(2)3)28(35)25(39-30)16-20-17-33(15-14-31)23-12-8-6-10-21(20)23/h6-13,16-18,27H,5,15H2,1-4H3/b25-16-/t27-/m1/s1. The van der Waals surface area contributed by atoms with E-state index < -0.39 is 12.0 Å². The summed E-state index contributed by atoms with van der Waals surface area (Å²) in [5, 5.41) is 10.2. The van der Waals surface area contributed by atoms with Crippen molar-refractivity contribution in [3.63, 3.8) is 0 Å². The van der Waals surface area contributed by atoms with Crippen LogP contribution in [0.25, 0.3) is 17.0 Å². The molecule has 0 saturated carbocycles. The van der Waals surface area contributed by atoms with Crippen molar-refractivity contribution >= 4 is 34.3 Å². The predicted octanol–water partition coefficient (Wildman–Crippen LogP) is 4.06. The molecule has 3 heterocycles. The van der Waals surface area contributed by atoms with Gasteiger partial charge in [0.15, 0.2) is 4.80 Å². The smallest absolute Gasteiger partial charge is 0.338 e. The molecule has 0 amide bonds. The highest BCUT2D eigenvalue weighted by Gasteiger charge is 2.35. The van der Waals surface area contributed by atoms with E-state index in [4.69, 9.17) is 9.47 Å². The van der Waals surface area contributed by atoms with Crippen LogP contribution in [0.15, 0.2) is 75.8 Å². The maximum Gasteiger partial charge on any atom is 0.338 e. The van der Waals surface area contributed by atoms with Crippen molar-refractivity contribution in [3.05, 3.63) is 96.8 Å². The summed E-state index contributed by atoms with van der Waals surface area (Å²) in [7, 11) is 0. The third kappa shape index (κ3) is 4.79. The zero-order chi connectivity index (χ0) is 27.7. The predicted molar refractivity (Wildman–Crippen MR) is 150 cm³/mol. The lowest BCUT2D eigenvalue weighted by Gasteiger charge is -2.26. The fourth-order valence-electron chi connectivity index (χ4n) is 4.89. The van der Waals surface area contributed by atoms with Crippen LogP contribution in [0.2, 0.25) is 0 Å². The van der Waals surface area contributed by atoms with Gasteiger partial charge in [-0.3, -0.25) is 9.36 Å². The number of allylic oxidation sites excluding steroid dienone is 1. The number of aromatic nitrogens is 2. The van der Waals surface area contributed by atoms with E-state index in [2.05, 4.69) is 11.1 Å². The van der Waals surface area contributed by atoms with E-state index in [9.17, 15) is 14.9 Å². The normalized spacial score (nSPS) is 15.3. The monoisotopic (exact) mass is 540 g/mol. The van der Waals surface area contributed by atoms with Crippen molar-refractivity contribution in [1.82, 2.24) is 9.13 Å². The molecule has 0 fully saturated rings. The number of carbonyl (C=O) groups excluding carboxylic acids is 1. The second-order valence-corrected chi connectivity index (χ2v) is 10.4. The first-order chi connectivity index (χ1) is 18.8. The van der Waals surface area contributed by atoms with Gasteiger partial charge in [0, 0.05) is 28.2 Å². The van der Waals surface area contributed by atoms with Gasteiger partial charge < -0.3 is 14.0 Å². The van der Waals surface area contributed by atoms with Crippen molar-refractivity contribution < 1.29 is 14.3 Å². The molecule has 5 rings (SSSR count). The van der Waals surface area contributed by atoms with Crippen molar-refractivity contribution in [2.24, 2.45) is 4.99 Å². The quantitative estimate of drug-likeness (QED) is 0.329. The van der Waals surface area contributed by atoms with Gasteiger partial charge in [-0.05, 0) is 45.9 Å². The second kappa shape index (κ2) is 10.8. The number of thiazole rings is 1. The zero-order valence-electron chi connectivity index (χ0n) is 22.2. The van der Waals surface area contributed by atoms with Crippen LogP contribution in [0.4, 0.5) is 0 Å². The molecule has 8 nitrogen and oxygen atoms in total. The first-order valence-electron chi connectivity index (χ1n) is 12.7. The molecule has 198 valence electrons. The maximum atomic E-state index is 14.0. The van der Waals surface area contributed by atoms with E-state index in [-0.39, 0.29) is 24.8 Å². The van der Waals surface area contributed by atoms with Crippen LogP contribution >= 0.6 is 11.3 Å². The summed E-state index contributed by atoms with van der Waals surface area (Å²) in [6.45, 7) is 7.76. The van der Waals surface area contributed by atoms with Crippen LogP contribution in [0.5, 0.6) is 5.75 Å². The number of ether oxygens (including phenoxy) is 2. The molecule has 0 unspecified atom stereocenters. The van der Waals surface area contributed by atoms with Crippen LogP contribution in [0.3, 0.4) is 0 Å². The minimum Gasteiger partial charge on any atom is -0.491 e. The van der Waals surface area contributed by atoms with E-state index in [0.717, 1.165) is 16.5 Å². The minimum absolute atomic E-state index is 0.108. The van der Waals surface area contributed by atoms with Gasteiger partial charge in [0.05, 0.1) is 34.6 Å². The Kier molecular flexibility index (Phi) is 7.22. The molecule has 2 aromatic heterocycles. The van der Waals surface area contributed by atoms with E-state index in [1.807, 2.05) is 79.2 Å². The molecule has 1 aliphatic heterocycles. The fraction of sp³-hybridized carbons (Fsp3) is 0.267. The summed E-state index contributed by atoms with van der Waals surface area (Å²) < 4.78 is 15.4. The molecule has 0 radical (unpaired) electrons. The van der Waals surface area contributed by atoms with Gasteiger partial charge in [-0.15, -0.1) is 0 Å². The van der Waals surface area contributed by atoms with Crippen molar-refractivity contribution in [2.75, 3.05) is 6.61 Å². The molecule has 1 aliphatic rings. The van der Waals surface area contributed by atoms with Crippen LogP contribution in [0.1, 0.15) is 44.9 Å². The number of fused-ring (bicyclic) bond motifs is 2. The van der Waals surface area contributed by atoms with E-state index in [1.165, 1.54) is 11.3 Å². The number of para-hydroxylation sites is 2. The average molecular weight is 541 g/mol. The van der Waals surface area contributed by atoms with E-state index in [0.29, 0.717) is 31.9 Å².